The van der Waals surface area contributed by atoms with Crippen molar-refractivity contribution < 1.29 is 9.47 Å². The molecule has 0 radical (unpaired) electrons. The first kappa shape index (κ1) is 19.8. The Labute approximate surface area is 166 Å². The van der Waals surface area contributed by atoms with Gasteiger partial charge in [-0.2, -0.15) is 5.10 Å². The number of hydrogen-bond donors (Lipinski definition) is 2. The summed E-state index contributed by atoms with van der Waals surface area (Å²) >= 11 is 0. The van der Waals surface area contributed by atoms with Crippen LogP contribution in [0.2, 0.25) is 0 Å². The van der Waals surface area contributed by atoms with Crippen LogP contribution in [-0.4, -0.2) is 16.8 Å². The number of H-pyrrole nitrogens is 1. The first-order chi connectivity index (χ1) is 13.7. The number of benzene rings is 2. The van der Waals surface area contributed by atoms with Crippen LogP contribution in [0, 0.1) is 0 Å². The minimum absolute atomic E-state index is 0.412. The van der Waals surface area contributed by atoms with Gasteiger partial charge in [0.1, 0.15) is 18.1 Å². The van der Waals surface area contributed by atoms with Gasteiger partial charge in [-0.25, -0.2) is 0 Å². The molecule has 5 heteroatoms. The molecule has 0 bridgehead atoms. The molecule has 0 saturated carbocycles. The zero-order valence-electron chi connectivity index (χ0n) is 16.5. The molecular weight excluding hydrogens is 350 g/mol. The number of nitrogens with one attached hydrogen (secondary N) is 1. The predicted molar refractivity (Wildman–Crippen MR) is 113 cm³/mol. The van der Waals surface area contributed by atoms with Crippen molar-refractivity contribution in [1.82, 2.24) is 10.2 Å². The van der Waals surface area contributed by atoms with E-state index in [2.05, 4.69) is 17.1 Å². The maximum atomic E-state index is 5.82. The molecule has 0 aliphatic carbocycles. The van der Waals surface area contributed by atoms with Gasteiger partial charge in [-0.3, -0.25) is 5.10 Å². The molecule has 0 spiro atoms. The molecule has 28 heavy (non-hydrogen) atoms. The number of hydrogen-bond acceptors (Lipinski definition) is 4. The van der Waals surface area contributed by atoms with E-state index in [1.807, 2.05) is 48.5 Å². The lowest BCUT2D eigenvalue weighted by Gasteiger charge is -2.06. The van der Waals surface area contributed by atoms with E-state index in [-0.39, 0.29) is 0 Å². The Kier molecular flexibility index (Phi) is 7.36. The van der Waals surface area contributed by atoms with Gasteiger partial charge < -0.3 is 15.2 Å². The summed E-state index contributed by atoms with van der Waals surface area (Å²) in [6.45, 7) is 3.42. The number of ether oxygens (including phenoxy) is 2. The molecule has 3 N–H and O–H groups in total. The highest BCUT2D eigenvalue weighted by molar-refractivity contribution is 5.60. The lowest BCUT2D eigenvalue weighted by Crippen LogP contribution is -1.97. The zero-order chi connectivity index (χ0) is 19.6. The van der Waals surface area contributed by atoms with Crippen molar-refractivity contribution in [3.05, 3.63) is 60.3 Å². The van der Waals surface area contributed by atoms with Crippen molar-refractivity contribution in [3.63, 3.8) is 0 Å². The van der Waals surface area contributed by atoms with Crippen molar-refractivity contribution in [1.29, 1.82) is 0 Å². The average molecular weight is 380 g/mol. The molecule has 1 aromatic heterocycles. The third-order valence-corrected chi connectivity index (χ3v) is 4.55. The summed E-state index contributed by atoms with van der Waals surface area (Å²) in [6.07, 6.45) is 6.22. The van der Waals surface area contributed by atoms with Gasteiger partial charge in [-0.15, -0.1) is 0 Å². The highest BCUT2D eigenvalue weighted by atomic mass is 16.5. The number of anilines is 1. The number of aromatic nitrogens is 2. The Balaban J connectivity index is 1.47. The van der Waals surface area contributed by atoms with Crippen LogP contribution in [-0.2, 0) is 6.61 Å². The van der Waals surface area contributed by atoms with Gasteiger partial charge in [0.05, 0.1) is 18.0 Å². The molecule has 0 saturated heterocycles. The molecule has 0 aliphatic heterocycles. The Hall–Kier alpha value is -2.95. The zero-order valence-corrected chi connectivity index (χ0v) is 16.5. The molecule has 3 rings (SSSR count). The summed E-state index contributed by atoms with van der Waals surface area (Å²) in [4.78, 5) is 0. The summed E-state index contributed by atoms with van der Waals surface area (Å²) in [5.74, 6) is 1.65. The minimum atomic E-state index is 0.412. The summed E-state index contributed by atoms with van der Waals surface area (Å²) < 4.78 is 11.6. The first-order valence-corrected chi connectivity index (χ1v) is 10.0. The third-order valence-electron chi connectivity index (χ3n) is 4.55. The van der Waals surface area contributed by atoms with E-state index >= 15 is 0 Å². The molecule has 0 amide bonds. The number of unbranched alkanes of at least 4 members (excludes halogenated alkanes) is 4. The van der Waals surface area contributed by atoms with Gasteiger partial charge in [-0.1, -0.05) is 38.7 Å². The molecule has 5 nitrogen and oxygen atoms in total. The Morgan fingerprint density at radius 3 is 2.50 bits per heavy atom. The second kappa shape index (κ2) is 10.4. The van der Waals surface area contributed by atoms with Crippen molar-refractivity contribution >= 4 is 5.69 Å². The molecule has 0 atom stereocenters. The molecule has 1 heterocycles. The summed E-state index contributed by atoms with van der Waals surface area (Å²) in [5.41, 5.74) is 9.29. The normalized spacial score (nSPS) is 10.8. The molecule has 0 fully saturated rings. The Bertz CT molecular complexity index is 843. The van der Waals surface area contributed by atoms with E-state index in [1.54, 1.807) is 6.07 Å². The van der Waals surface area contributed by atoms with Crippen LogP contribution >= 0.6 is 0 Å². The van der Waals surface area contributed by atoms with E-state index in [0.717, 1.165) is 41.5 Å². The lowest BCUT2D eigenvalue weighted by molar-refractivity contribution is 0.301. The molecular formula is C23H29N3O2. The number of rotatable bonds is 11. The maximum Gasteiger partial charge on any atom is 0.130 e. The smallest absolute Gasteiger partial charge is 0.130 e. The van der Waals surface area contributed by atoms with E-state index in [9.17, 15) is 0 Å². The topological polar surface area (TPSA) is 73.2 Å². The molecule has 0 aliphatic rings. The molecule has 2 aromatic carbocycles. The van der Waals surface area contributed by atoms with Crippen molar-refractivity contribution in [2.45, 2.75) is 45.6 Å². The average Bonchev–Trinajstić information content (AvgIpc) is 3.19. The Morgan fingerprint density at radius 2 is 1.71 bits per heavy atom. The van der Waals surface area contributed by atoms with Gasteiger partial charge in [0.25, 0.3) is 0 Å². The molecule has 148 valence electrons. The van der Waals surface area contributed by atoms with Gasteiger partial charge >= 0.3 is 0 Å². The van der Waals surface area contributed by atoms with Crippen LogP contribution in [0.3, 0.4) is 0 Å². The quantitative estimate of drug-likeness (QED) is 0.336. The highest BCUT2D eigenvalue weighted by Crippen LogP contribution is 2.22. The minimum Gasteiger partial charge on any atom is -0.494 e. The van der Waals surface area contributed by atoms with Gasteiger partial charge in [0.15, 0.2) is 0 Å². The van der Waals surface area contributed by atoms with Crippen LogP contribution in [0.1, 0.15) is 44.7 Å². The van der Waals surface area contributed by atoms with Crippen LogP contribution in [0.25, 0.3) is 11.3 Å². The van der Waals surface area contributed by atoms with Crippen LogP contribution in [0.4, 0.5) is 5.69 Å². The van der Waals surface area contributed by atoms with Crippen molar-refractivity contribution in [2.24, 2.45) is 0 Å². The van der Waals surface area contributed by atoms with Gasteiger partial charge in [-0.05, 0) is 48.9 Å². The predicted octanol–water partition coefficient (Wildman–Crippen LogP) is 5.59. The van der Waals surface area contributed by atoms with Crippen molar-refractivity contribution in [2.75, 3.05) is 12.3 Å². The van der Waals surface area contributed by atoms with E-state index < -0.39 is 0 Å². The molecule has 0 unspecified atom stereocenters. The van der Waals surface area contributed by atoms with Crippen LogP contribution in [0.15, 0.2) is 54.6 Å². The first-order valence-electron chi connectivity index (χ1n) is 10.0. The monoisotopic (exact) mass is 379 g/mol. The number of nitrogen functional groups attached to an aromatic ring is 1. The SMILES string of the molecule is CCCCCCCOc1ccc(-c2cc(COc3cccc(N)c3)[nH]n2)cc1. The van der Waals surface area contributed by atoms with E-state index in [4.69, 9.17) is 15.2 Å². The second-order valence-corrected chi connectivity index (χ2v) is 6.93. The van der Waals surface area contributed by atoms with Crippen LogP contribution in [0.5, 0.6) is 11.5 Å². The lowest BCUT2D eigenvalue weighted by atomic mass is 10.1. The largest absolute Gasteiger partial charge is 0.494 e. The number of nitrogens with zero attached hydrogens (tertiary/aromatic N) is 1. The standard InChI is InChI=1S/C23H29N3O2/c1-2-3-4-5-6-14-27-21-12-10-18(11-13-21)23-16-20(25-26-23)17-28-22-9-7-8-19(24)15-22/h7-13,15-16H,2-6,14,17,24H2,1H3,(H,25,26). The number of aromatic amines is 1. The van der Waals surface area contributed by atoms with E-state index in [0.29, 0.717) is 12.3 Å². The number of nitrogens with two attached hydrogens (primary N) is 1. The third kappa shape index (κ3) is 6.05. The Morgan fingerprint density at radius 1 is 0.893 bits per heavy atom. The highest BCUT2D eigenvalue weighted by Gasteiger charge is 2.06. The van der Waals surface area contributed by atoms with E-state index in [1.165, 1.54) is 25.7 Å². The second-order valence-electron chi connectivity index (χ2n) is 6.93. The van der Waals surface area contributed by atoms with Gasteiger partial charge in [0, 0.05) is 17.3 Å². The van der Waals surface area contributed by atoms with Crippen LogP contribution < -0.4 is 15.2 Å². The fourth-order valence-electron chi connectivity index (χ4n) is 2.97. The fraction of sp³-hybridized carbons (Fsp3) is 0.348. The van der Waals surface area contributed by atoms with Gasteiger partial charge in [0.2, 0.25) is 0 Å². The summed E-state index contributed by atoms with van der Waals surface area (Å²) in [7, 11) is 0. The fourth-order valence-corrected chi connectivity index (χ4v) is 2.97. The molecule has 3 aromatic rings. The van der Waals surface area contributed by atoms with Crippen molar-refractivity contribution in [3.8, 4) is 22.8 Å². The summed E-state index contributed by atoms with van der Waals surface area (Å²) in [6, 6.07) is 17.5. The summed E-state index contributed by atoms with van der Waals surface area (Å²) in [5, 5.41) is 7.40. The maximum absolute atomic E-state index is 5.82.